The molecule has 6 nitrogen and oxygen atoms in total. The molecule has 2 N–H and O–H groups in total. The van der Waals surface area contributed by atoms with Gasteiger partial charge in [0.2, 0.25) is 10.0 Å². The smallest absolute Gasteiger partial charge is 0.347 e. The van der Waals surface area contributed by atoms with Crippen molar-refractivity contribution in [3.05, 3.63) is 59.1 Å². The lowest BCUT2D eigenvalue weighted by Crippen LogP contribution is -2.37. The van der Waals surface area contributed by atoms with E-state index < -0.39 is 21.6 Å². The van der Waals surface area contributed by atoms with E-state index in [4.69, 9.17) is 21.4 Å². The van der Waals surface area contributed by atoms with Crippen molar-refractivity contribution in [2.24, 2.45) is 0 Å². The Balaban J connectivity index is 1.92. The first-order valence-corrected chi connectivity index (χ1v) is 9.73. The van der Waals surface area contributed by atoms with Gasteiger partial charge in [-0.15, -0.1) is 0 Å². The third-order valence-electron chi connectivity index (χ3n) is 3.64. The highest BCUT2D eigenvalue weighted by atomic mass is 35.5. The first kappa shape index (κ1) is 20.2. The van der Waals surface area contributed by atoms with Crippen LogP contribution in [-0.4, -0.2) is 31.6 Å². The van der Waals surface area contributed by atoms with E-state index in [1.54, 1.807) is 24.3 Å². The predicted molar refractivity (Wildman–Crippen MR) is 99.1 cm³/mol. The molecular weight excluding hydrogens is 378 g/mol. The Morgan fingerprint density at radius 2 is 1.69 bits per heavy atom. The van der Waals surface area contributed by atoms with Crippen molar-refractivity contribution in [3.63, 3.8) is 0 Å². The number of rotatable bonds is 8. The van der Waals surface area contributed by atoms with Gasteiger partial charge in [0, 0.05) is 11.6 Å². The maximum Gasteiger partial charge on any atom is 0.347 e. The molecule has 2 aromatic carbocycles. The molecule has 26 heavy (non-hydrogen) atoms. The summed E-state index contributed by atoms with van der Waals surface area (Å²) in [4.78, 5) is 11.2. The number of ether oxygens (including phenoxy) is 1. The fourth-order valence-corrected chi connectivity index (χ4v) is 3.25. The Bertz CT molecular complexity index is 861. The second-order valence-electron chi connectivity index (χ2n) is 6.16. The number of benzene rings is 2. The Labute approximate surface area is 157 Å². The number of halogens is 1. The molecule has 0 aliphatic heterocycles. The molecule has 0 heterocycles. The van der Waals surface area contributed by atoms with E-state index in [2.05, 4.69) is 4.72 Å². The SMILES string of the molecule is CC(C)(Oc1ccc(CCNS(=O)(=O)c2ccc(Cl)cc2)cc1)C(=O)O. The Morgan fingerprint density at radius 3 is 2.23 bits per heavy atom. The van der Waals surface area contributed by atoms with Gasteiger partial charge < -0.3 is 9.84 Å². The number of sulfonamides is 1. The largest absolute Gasteiger partial charge is 0.478 e. The van der Waals surface area contributed by atoms with Crippen LogP contribution in [0.1, 0.15) is 19.4 Å². The molecule has 0 fully saturated rings. The van der Waals surface area contributed by atoms with Crippen molar-refractivity contribution >= 4 is 27.6 Å². The minimum absolute atomic E-state index is 0.154. The summed E-state index contributed by atoms with van der Waals surface area (Å²) in [6, 6.07) is 12.8. The number of nitrogens with one attached hydrogen (secondary N) is 1. The zero-order valence-electron chi connectivity index (χ0n) is 14.4. The summed E-state index contributed by atoms with van der Waals surface area (Å²) in [6.45, 7) is 3.16. The monoisotopic (exact) mass is 397 g/mol. The minimum atomic E-state index is -3.59. The average Bonchev–Trinajstić information content (AvgIpc) is 2.56. The van der Waals surface area contributed by atoms with E-state index in [9.17, 15) is 13.2 Å². The highest BCUT2D eigenvalue weighted by Crippen LogP contribution is 2.19. The summed E-state index contributed by atoms with van der Waals surface area (Å²) in [5.74, 6) is -0.624. The van der Waals surface area contributed by atoms with Gasteiger partial charge >= 0.3 is 5.97 Å². The Hall–Kier alpha value is -2.09. The summed E-state index contributed by atoms with van der Waals surface area (Å²) in [5, 5.41) is 9.53. The second kappa shape index (κ2) is 8.07. The minimum Gasteiger partial charge on any atom is -0.478 e. The molecule has 0 aromatic heterocycles. The lowest BCUT2D eigenvalue weighted by atomic mass is 10.1. The summed E-state index contributed by atoms with van der Waals surface area (Å²) < 4.78 is 32.3. The van der Waals surface area contributed by atoms with E-state index in [0.29, 0.717) is 17.2 Å². The normalized spacial score (nSPS) is 12.0. The van der Waals surface area contributed by atoms with Gasteiger partial charge in [0.1, 0.15) is 5.75 Å². The molecule has 140 valence electrons. The quantitative estimate of drug-likeness (QED) is 0.714. The standard InChI is InChI=1S/C18H20ClNO5S/c1-18(2,17(21)22)25-15-7-3-13(4-8-15)11-12-20-26(23,24)16-9-5-14(19)6-10-16/h3-10,20H,11-12H2,1-2H3,(H,21,22). The van der Waals surface area contributed by atoms with Crippen molar-refractivity contribution in [2.45, 2.75) is 30.8 Å². The van der Waals surface area contributed by atoms with E-state index in [-0.39, 0.29) is 11.4 Å². The third-order valence-corrected chi connectivity index (χ3v) is 5.37. The van der Waals surface area contributed by atoms with Gasteiger partial charge in [-0.05, 0) is 62.2 Å². The molecule has 0 aliphatic rings. The molecule has 2 rings (SSSR count). The molecule has 0 atom stereocenters. The van der Waals surface area contributed by atoms with Gasteiger partial charge in [0.15, 0.2) is 5.60 Å². The second-order valence-corrected chi connectivity index (χ2v) is 8.37. The first-order valence-electron chi connectivity index (χ1n) is 7.87. The highest BCUT2D eigenvalue weighted by Gasteiger charge is 2.29. The van der Waals surface area contributed by atoms with Crippen LogP contribution in [0.3, 0.4) is 0 Å². The Morgan fingerprint density at radius 1 is 1.12 bits per heavy atom. The van der Waals surface area contributed by atoms with Gasteiger partial charge in [-0.3, -0.25) is 0 Å². The Kier molecular flexibility index (Phi) is 6.28. The van der Waals surface area contributed by atoms with E-state index in [1.807, 2.05) is 0 Å². The van der Waals surface area contributed by atoms with Crippen LogP contribution in [0.5, 0.6) is 5.75 Å². The topological polar surface area (TPSA) is 92.7 Å². The summed E-state index contributed by atoms with van der Waals surface area (Å²) in [5.41, 5.74) is -0.431. The molecule has 0 saturated carbocycles. The predicted octanol–water partition coefficient (Wildman–Crippen LogP) is 3.10. The van der Waals surface area contributed by atoms with E-state index >= 15 is 0 Å². The van der Waals surface area contributed by atoms with Gasteiger partial charge in [0.25, 0.3) is 0 Å². The lowest BCUT2D eigenvalue weighted by Gasteiger charge is -2.21. The molecule has 0 amide bonds. The number of hydrogen-bond acceptors (Lipinski definition) is 4. The highest BCUT2D eigenvalue weighted by molar-refractivity contribution is 7.89. The van der Waals surface area contributed by atoms with Gasteiger partial charge in [-0.25, -0.2) is 17.9 Å². The number of carboxylic acids is 1. The zero-order chi connectivity index (χ0) is 19.4. The molecule has 0 unspecified atom stereocenters. The molecule has 0 saturated heterocycles. The maximum absolute atomic E-state index is 12.2. The van der Waals surface area contributed by atoms with Crippen molar-refractivity contribution in [2.75, 3.05) is 6.54 Å². The summed E-state index contributed by atoms with van der Waals surface area (Å²) in [7, 11) is -3.59. The van der Waals surface area contributed by atoms with E-state index in [1.165, 1.54) is 38.1 Å². The van der Waals surface area contributed by atoms with Crippen LogP contribution in [0.2, 0.25) is 5.02 Å². The number of aliphatic carboxylic acids is 1. The molecule has 8 heteroatoms. The van der Waals surface area contributed by atoms with Crippen LogP contribution >= 0.6 is 11.6 Å². The number of carbonyl (C=O) groups is 1. The van der Waals surface area contributed by atoms with Crippen LogP contribution < -0.4 is 9.46 Å². The van der Waals surface area contributed by atoms with E-state index in [0.717, 1.165) is 5.56 Å². The molecule has 2 aromatic rings. The van der Waals surface area contributed by atoms with Gasteiger partial charge in [-0.1, -0.05) is 23.7 Å². The summed E-state index contributed by atoms with van der Waals surface area (Å²) in [6.07, 6.45) is 0.482. The fraction of sp³-hybridized carbons (Fsp3) is 0.278. The molecule has 0 aliphatic carbocycles. The van der Waals surface area contributed by atoms with Crippen LogP contribution in [0.4, 0.5) is 0 Å². The van der Waals surface area contributed by atoms with Gasteiger partial charge in [0.05, 0.1) is 4.90 Å². The summed E-state index contributed by atoms with van der Waals surface area (Å²) >= 11 is 5.76. The van der Waals surface area contributed by atoms with Crippen molar-refractivity contribution in [3.8, 4) is 5.75 Å². The number of carboxylic acid groups (broad SMARTS) is 1. The van der Waals surface area contributed by atoms with Gasteiger partial charge in [-0.2, -0.15) is 0 Å². The molecule has 0 spiro atoms. The van der Waals surface area contributed by atoms with Crippen LogP contribution in [0.25, 0.3) is 0 Å². The van der Waals surface area contributed by atoms with Crippen molar-refractivity contribution in [1.82, 2.24) is 4.72 Å². The number of hydrogen-bond donors (Lipinski definition) is 2. The van der Waals surface area contributed by atoms with Crippen LogP contribution in [0, 0.1) is 0 Å². The third kappa shape index (κ3) is 5.45. The van der Waals surface area contributed by atoms with Crippen molar-refractivity contribution in [1.29, 1.82) is 0 Å². The lowest BCUT2D eigenvalue weighted by molar-refractivity contribution is -0.152. The van der Waals surface area contributed by atoms with Crippen molar-refractivity contribution < 1.29 is 23.1 Å². The van der Waals surface area contributed by atoms with Crippen LogP contribution in [0.15, 0.2) is 53.4 Å². The molecule has 0 bridgehead atoms. The van der Waals surface area contributed by atoms with Crippen LogP contribution in [-0.2, 0) is 21.2 Å². The average molecular weight is 398 g/mol. The molecular formula is C18H20ClNO5S. The first-order chi connectivity index (χ1) is 12.1. The zero-order valence-corrected chi connectivity index (χ0v) is 16.0. The fourth-order valence-electron chi connectivity index (χ4n) is 2.09. The molecule has 0 radical (unpaired) electrons. The maximum atomic E-state index is 12.2.